The van der Waals surface area contributed by atoms with Gasteiger partial charge in [-0.2, -0.15) is 4.31 Å². The molecule has 0 saturated carbocycles. The normalized spacial score (nSPS) is 19.2. The molecular formula is C23H35N3O5S. The van der Waals surface area contributed by atoms with Crippen LogP contribution in [0.25, 0.3) is 0 Å². The van der Waals surface area contributed by atoms with Crippen molar-refractivity contribution in [2.45, 2.75) is 50.0 Å². The molecule has 32 heavy (non-hydrogen) atoms. The van der Waals surface area contributed by atoms with Crippen molar-refractivity contribution in [3.8, 4) is 0 Å². The highest BCUT2D eigenvalue weighted by Gasteiger charge is 2.28. The molecule has 0 radical (unpaired) electrons. The molecule has 3 rings (SSSR count). The number of ether oxygens (including phenoxy) is 2. The first-order valence-electron chi connectivity index (χ1n) is 11.4. The molecule has 0 spiro atoms. The van der Waals surface area contributed by atoms with E-state index in [-0.39, 0.29) is 10.8 Å². The average molecular weight is 466 g/mol. The lowest BCUT2D eigenvalue weighted by Crippen LogP contribution is -2.40. The zero-order valence-corrected chi connectivity index (χ0v) is 19.7. The Kier molecular flexibility index (Phi) is 9.10. The van der Waals surface area contributed by atoms with Crippen LogP contribution in [0, 0.1) is 0 Å². The van der Waals surface area contributed by atoms with Crippen LogP contribution in [0.2, 0.25) is 0 Å². The number of carbonyl (C=O) groups is 1. The van der Waals surface area contributed by atoms with Crippen LogP contribution >= 0.6 is 0 Å². The number of amides is 1. The van der Waals surface area contributed by atoms with E-state index >= 15 is 0 Å². The average Bonchev–Trinajstić information content (AvgIpc) is 3.09. The lowest BCUT2D eigenvalue weighted by atomic mass is 10.2. The highest BCUT2D eigenvalue weighted by molar-refractivity contribution is 7.89. The molecule has 1 N–H and O–H groups in total. The maximum absolute atomic E-state index is 13.2. The summed E-state index contributed by atoms with van der Waals surface area (Å²) in [6.45, 7) is 8.93. The van der Waals surface area contributed by atoms with Crippen LogP contribution in [0.15, 0.2) is 35.7 Å². The predicted molar refractivity (Wildman–Crippen MR) is 126 cm³/mol. The quantitative estimate of drug-likeness (QED) is 0.446. The van der Waals surface area contributed by atoms with E-state index < -0.39 is 16.1 Å². The summed E-state index contributed by atoms with van der Waals surface area (Å²) in [6, 6.07) is 5.04. The Morgan fingerprint density at radius 2 is 1.88 bits per heavy atom. The van der Waals surface area contributed by atoms with Gasteiger partial charge in [0, 0.05) is 26.2 Å². The van der Waals surface area contributed by atoms with Gasteiger partial charge in [0.25, 0.3) is 5.91 Å². The van der Waals surface area contributed by atoms with Crippen molar-refractivity contribution in [3.63, 3.8) is 0 Å². The zero-order valence-electron chi connectivity index (χ0n) is 18.9. The third-order valence-electron chi connectivity index (χ3n) is 5.84. The standard InChI is InChI=1S/C23H35N3O5S/c1-3-4-15-31-19(2)23(27)24-21-18-20(32(28,29)26-13-16-30-17-14-26)9-10-22(21)25-11-7-5-6-8-12-25/h3,9-10,18-19H,1,4-8,11-17H2,2H3,(H,24,27). The summed E-state index contributed by atoms with van der Waals surface area (Å²) in [6.07, 6.45) is 6.23. The Morgan fingerprint density at radius 1 is 1.19 bits per heavy atom. The molecule has 178 valence electrons. The van der Waals surface area contributed by atoms with E-state index in [0.717, 1.165) is 31.6 Å². The van der Waals surface area contributed by atoms with Gasteiger partial charge < -0.3 is 19.7 Å². The molecule has 2 saturated heterocycles. The van der Waals surface area contributed by atoms with Crippen molar-refractivity contribution in [3.05, 3.63) is 30.9 Å². The molecule has 1 amide bonds. The van der Waals surface area contributed by atoms with Crippen LogP contribution < -0.4 is 10.2 Å². The maximum Gasteiger partial charge on any atom is 0.253 e. The molecule has 0 aliphatic carbocycles. The lowest BCUT2D eigenvalue weighted by Gasteiger charge is -2.28. The van der Waals surface area contributed by atoms with Crippen LogP contribution in [0.1, 0.15) is 39.0 Å². The number of hydrogen-bond donors (Lipinski definition) is 1. The molecule has 2 heterocycles. The van der Waals surface area contributed by atoms with E-state index in [9.17, 15) is 13.2 Å². The predicted octanol–water partition coefficient (Wildman–Crippen LogP) is 3.01. The Balaban J connectivity index is 1.88. The van der Waals surface area contributed by atoms with Crippen molar-refractivity contribution >= 4 is 27.3 Å². The molecule has 8 nitrogen and oxygen atoms in total. The second-order valence-electron chi connectivity index (χ2n) is 8.18. The number of anilines is 2. The fourth-order valence-electron chi connectivity index (χ4n) is 3.94. The third-order valence-corrected chi connectivity index (χ3v) is 7.73. The van der Waals surface area contributed by atoms with Gasteiger partial charge in [0.2, 0.25) is 10.0 Å². The minimum atomic E-state index is -3.67. The fourth-order valence-corrected chi connectivity index (χ4v) is 5.37. The van der Waals surface area contributed by atoms with Gasteiger partial charge in [-0.05, 0) is 44.4 Å². The molecule has 1 aromatic rings. The fraction of sp³-hybridized carbons (Fsp3) is 0.609. The maximum atomic E-state index is 13.2. The summed E-state index contributed by atoms with van der Waals surface area (Å²) in [5, 5.41) is 2.93. The van der Waals surface area contributed by atoms with Gasteiger partial charge in [-0.25, -0.2) is 8.42 Å². The van der Waals surface area contributed by atoms with Gasteiger partial charge in [-0.15, -0.1) is 6.58 Å². The summed E-state index contributed by atoms with van der Waals surface area (Å²) >= 11 is 0. The number of nitrogens with one attached hydrogen (secondary N) is 1. The number of nitrogens with zero attached hydrogens (tertiary/aromatic N) is 2. The second kappa shape index (κ2) is 11.8. The van der Waals surface area contributed by atoms with E-state index in [1.165, 1.54) is 17.1 Å². The lowest BCUT2D eigenvalue weighted by molar-refractivity contribution is -0.126. The van der Waals surface area contributed by atoms with Crippen molar-refractivity contribution in [1.82, 2.24) is 4.31 Å². The highest BCUT2D eigenvalue weighted by atomic mass is 32.2. The van der Waals surface area contributed by atoms with Crippen LogP contribution in [0.3, 0.4) is 0 Å². The topological polar surface area (TPSA) is 88.2 Å². The Hall–Kier alpha value is -1.94. The second-order valence-corrected chi connectivity index (χ2v) is 10.1. The number of sulfonamides is 1. The molecule has 2 fully saturated rings. The van der Waals surface area contributed by atoms with Gasteiger partial charge in [0.1, 0.15) is 6.10 Å². The summed E-state index contributed by atoms with van der Waals surface area (Å²) in [5.41, 5.74) is 1.35. The zero-order chi connectivity index (χ0) is 23.0. The first-order valence-corrected chi connectivity index (χ1v) is 12.9. The van der Waals surface area contributed by atoms with Crippen molar-refractivity contribution in [2.24, 2.45) is 0 Å². The smallest absolute Gasteiger partial charge is 0.253 e. The van der Waals surface area contributed by atoms with Crippen molar-refractivity contribution in [2.75, 3.05) is 56.2 Å². The SMILES string of the molecule is C=CCCOC(C)C(=O)Nc1cc(S(=O)(=O)N2CCOCC2)ccc1N1CCCCCC1. The van der Waals surface area contributed by atoms with Gasteiger partial charge in [-0.1, -0.05) is 18.9 Å². The molecule has 2 aliphatic rings. The minimum absolute atomic E-state index is 0.175. The first kappa shape index (κ1) is 24.7. The Labute approximate surface area is 191 Å². The number of rotatable bonds is 9. The molecule has 0 bridgehead atoms. The van der Waals surface area contributed by atoms with Gasteiger partial charge in [0.05, 0.1) is 36.1 Å². The highest BCUT2D eigenvalue weighted by Crippen LogP contribution is 2.32. The molecular weight excluding hydrogens is 430 g/mol. The van der Waals surface area contributed by atoms with E-state index in [1.807, 2.05) is 6.07 Å². The molecule has 9 heteroatoms. The largest absolute Gasteiger partial charge is 0.379 e. The molecule has 0 aromatic heterocycles. The van der Waals surface area contributed by atoms with Crippen molar-refractivity contribution in [1.29, 1.82) is 0 Å². The minimum Gasteiger partial charge on any atom is -0.379 e. The van der Waals surface area contributed by atoms with E-state index in [4.69, 9.17) is 9.47 Å². The molecule has 2 aliphatic heterocycles. The number of morpholine rings is 1. The van der Waals surface area contributed by atoms with E-state index in [1.54, 1.807) is 25.1 Å². The Morgan fingerprint density at radius 3 is 2.53 bits per heavy atom. The first-order chi connectivity index (χ1) is 15.4. The van der Waals surface area contributed by atoms with Gasteiger partial charge in [-0.3, -0.25) is 4.79 Å². The van der Waals surface area contributed by atoms with Crippen LogP contribution in [-0.2, 0) is 24.3 Å². The number of benzene rings is 1. The van der Waals surface area contributed by atoms with E-state index in [2.05, 4.69) is 16.8 Å². The summed E-state index contributed by atoms with van der Waals surface area (Å²) in [7, 11) is -3.67. The number of hydrogen-bond acceptors (Lipinski definition) is 6. The summed E-state index contributed by atoms with van der Waals surface area (Å²) < 4.78 is 38.7. The van der Waals surface area contributed by atoms with E-state index in [0.29, 0.717) is 45.0 Å². The number of carbonyl (C=O) groups excluding carboxylic acids is 1. The van der Waals surface area contributed by atoms with Crippen LogP contribution in [0.5, 0.6) is 0 Å². The third kappa shape index (κ3) is 6.31. The van der Waals surface area contributed by atoms with Gasteiger partial charge in [0.15, 0.2) is 0 Å². The van der Waals surface area contributed by atoms with Gasteiger partial charge >= 0.3 is 0 Å². The Bertz CT molecular complexity index is 876. The molecule has 1 unspecified atom stereocenters. The van der Waals surface area contributed by atoms with Crippen molar-refractivity contribution < 1.29 is 22.7 Å². The molecule has 1 aromatic carbocycles. The van der Waals surface area contributed by atoms with Crippen LogP contribution in [-0.4, -0.2) is 70.7 Å². The summed E-state index contributed by atoms with van der Waals surface area (Å²) in [5.74, 6) is -0.300. The van der Waals surface area contributed by atoms with Crippen LogP contribution in [0.4, 0.5) is 11.4 Å². The monoisotopic (exact) mass is 465 g/mol. The summed E-state index contributed by atoms with van der Waals surface area (Å²) in [4.78, 5) is 15.2. The molecule has 1 atom stereocenters.